The molecule has 5 nitrogen and oxygen atoms in total. The van der Waals surface area contributed by atoms with Crippen LogP contribution in [0.2, 0.25) is 0 Å². The Kier molecular flexibility index (Phi) is 4.33. The first kappa shape index (κ1) is 15.0. The molecule has 2 aliphatic heterocycles. The molecule has 1 aromatic heterocycles. The van der Waals surface area contributed by atoms with E-state index in [1.54, 1.807) is 0 Å². The lowest BCUT2D eigenvalue weighted by molar-refractivity contribution is -0.186. The van der Waals surface area contributed by atoms with Crippen LogP contribution in [0, 0.1) is 6.92 Å². The Balaban J connectivity index is 1.61. The number of aromatic nitrogens is 2. The molecule has 21 heavy (non-hydrogen) atoms. The van der Waals surface area contributed by atoms with Crippen molar-refractivity contribution in [2.24, 2.45) is 7.05 Å². The van der Waals surface area contributed by atoms with E-state index in [0.717, 1.165) is 51.9 Å². The molecule has 0 aliphatic carbocycles. The highest BCUT2D eigenvalue weighted by molar-refractivity contribution is 5.15. The number of hydrogen-bond donors (Lipinski definition) is 0. The standard InChI is InChI=1S/C16H27N3O2/c1-13-14(11-17-18(13)2)12-19-8-6-16(7-9-19)15(20-3)5-4-10-21-16/h11,15H,4-10,12H2,1-3H3. The average Bonchev–Trinajstić information content (AvgIpc) is 2.82. The maximum atomic E-state index is 6.17. The summed E-state index contributed by atoms with van der Waals surface area (Å²) in [7, 11) is 3.83. The molecule has 1 atom stereocenters. The van der Waals surface area contributed by atoms with Crippen molar-refractivity contribution in [3.8, 4) is 0 Å². The quantitative estimate of drug-likeness (QED) is 0.853. The highest BCUT2D eigenvalue weighted by atomic mass is 16.5. The Labute approximate surface area is 127 Å². The van der Waals surface area contributed by atoms with Crippen LogP contribution in [0.3, 0.4) is 0 Å². The largest absolute Gasteiger partial charge is 0.378 e. The molecule has 0 aromatic carbocycles. The van der Waals surface area contributed by atoms with Crippen LogP contribution in [-0.2, 0) is 23.1 Å². The van der Waals surface area contributed by atoms with Gasteiger partial charge in [0.15, 0.2) is 0 Å². The number of piperidine rings is 1. The number of likely N-dealkylation sites (tertiary alicyclic amines) is 1. The minimum absolute atomic E-state index is 0.0342. The van der Waals surface area contributed by atoms with Gasteiger partial charge >= 0.3 is 0 Å². The van der Waals surface area contributed by atoms with Crippen LogP contribution in [0.5, 0.6) is 0 Å². The highest BCUT2D eigenvalue weighted by Gasteiger charge is 2.44. The summed E-state index contributed by atoms with van der Waals surface area (Å²) in [5.74, 6) is 0. The van der Waals surface area contributed by atoms with Crippen LogP contribution in [0.1, 0.15) is 36.9 Å². The summed E-state index contributed by atoms with van der Waals surface area (Å²) < 4.78 is 13.8. The van der Waals surface area contributed by atoms with Gasteiger partial charge in [-0.3, -0.25) is 9.58 Å². The van der Waals surface area contributed by atoms with Crippen LogP contribution in [0.4, 0.5) is 0 Å². The van der Waals surface area contributed by atoms with Crippen molar-refractivity contribution >= 4 is 0 Å². The van der Waals surface area contributed by atoms with E-state index < -0.39 is 0 Å². The summed E-state index contributed by atoms with van der Waals surface area (Å²) in [5, 5.41) is 4.34. The van der Waals surface area contributed by atoms with Gasteiger partial charge in [0.2, 0.25) is 0 Å². The first-order chi connectivity index (χ1) is 10.1. The Bertz CT molecular complexity index is 478. The van der Waals surface area contributed by atoms with E-state index in [1.807, 2.05) is 25.0 Å². The van der Waals surface area contributed by atoms with Crippen LogP contribution in [-0.4, -0.2) is 53.2 Å². The predicted octanol–water partition coefficient (Wildman–Crippen LogP) is 1.89. The smallest absolute Gasteiger partial charge is 0.0967 e. The van der Waals surface area contributed by atoms with Crippen LogP contribution in [0.15, 0.2) is 6.20 Å². The molecule has 5 heteroatoms. The second kappa shape index (κ2) is 6.07. The summed E-state index contributed by atoms with van der Waals surface area (Å²) in [6, 6.07) is 0. The zero-order valence-electron chi connectivity index (χ0n) is 13.5. The van der Waals surface area contributed by atoms with Crippen molar-refractivity contribution in [2.75, 3.05) is 26.8 Å². The number of aryl methyl sites for hydroxylation is 1. The van der Waals surface area contributed by atoms with Gasteiger partial charge in [0, 0.05) is 51.7 Å². The highest BCUT2D eigenvalue weighted by Crippen LogP contribution is 2.37. The molecular formula is C16H27N3O2. The first-order valence-corrected chi connectivity index (χ1v) is 8.01. The third-order valence-electron chi connectivity index (χ3n) is 5.30. The second-order valence-electron chi connectivity index (χ2n) is 6.43. The summed E-state index contributed by atoms with van der Waals surface area (Å²) in [6.07, 6.45) is 6.68. The fraction of sp³-hybridized carbons (Fsp3) is 0.812. The monoisotopic (exact) mass is 293 g/mol. The first-order valence-electron chi connectivity index (χ1n) is 8.01. The van der Waals surface area contributed by atoms with E-state index in [-0.39, 0.29) is 11.7 Å². The van der Waals surface area contributed by atoms with Gasteiger partial charge < -0.3 is 9.47 Å². The molecule has 2 aliphatic rings. The van der Waals surface area contributed by atoms with Gasteiger partial charge in [-0.2, -0.15) is 5.10 Å². The minimum Gasteiger partial charge on any atom is -0.378 e. The molecule has 1 aromatic rings. The molecule has 2 fully saturated rings. The van der Waals surface area contributed by atoms with Gasteiger partial charge in [0.25, 0.3) is 0 Å². The maximum Gasteiger partial charge on any atom is 0.0967 e. The number of hydrogen-bond acceptors (Lipinski definition) is 4. The van der Waals surface area contributed by atoms with Gasteiger partial charge in [-0.05, 0) is 32.6 Å². The molecule has 1 unspecified atom stereocenters. The lowest BCUT2D eigenvalue weighted by Gasteiger charge is -2.48. The van der Waals surface area contributed by atoms with Crippen molar-refractivity contribution in [1.29, 1.82) is 0 Å². The number of nitrogens with zero attached hydrogens (tertiary/aromatic N) is 3. The van der Waals surface area contributed by atoms with E-state index in [4.69, 9.17) is 9.47 Å². The molecule has 1 spiro atoms. The SMILES string of the molecule is COC1CCCOC12CCN(Cc1cnn(C)c1C)CC2. The van der Waals surface area contributed by atoms with Crippen molar-refractivity contribution in [1.82, 2.24) is 14.7 Å². The lowest BCUT2D eigenvalue weighted by Crippen LogP contribution is -2.55. The van der Waals surface area contributed by atoms with Crippen molar-refractivity contribution < 1.29 is 9.47 Å². The topological polar surface area (TPSA) is 39.5 Å². The van der Waals surface area contributed by atoms with Gasteiger partial charge in [0.05, 0.1) is 17.9 Å². The van der Waals surface area contributed by atoms with Crippen LogP contribution < -0.4 is 0 Å². The van der Waals surface area contributed by atoms with Gasteiger partial charge in [-0.1, -0.05) is 0 Å². The van der Waals surface area contributed by atoms with E-state index in [1.165, 1.54) is 11.3 Å². The molecule has 0 saturated carbocycles. The fourth-order valence-corrected chi connectivity index (χ4v) is 3.73. The number of rotatable bonds is 3. The molecule has 3 heterocycles. The summed E-state index contributed by atoms with van der Waals surface area (Å²) in [6.45, 7) is 6.18. The number of methoxy groups -OCH3 is 1. The Morgan fingerprint density at radius 2 is 2.19 bits per heavy atom. The van der Waals surface area contributed by atoms with Gasteiger partial charge in [0.1, 0.15) is 0 Å². The molecule has 0 bridgehead atoms. The summed E-state index contributed by atoms with van der Waals surface area (Å²) >= 11 is 0. The Morgan fingerprint density at radius 3 is 2.81 bits per heavy atom. The van der Waals surface area contributed by atoms with Gasteiger partial charge in [-0.15, -0.1) is 0 Å². The molecule has 0 N–H and O–H groups in total. The average molecular weight is 293 g/mol. The molecular weight excluding hydrogens is 266 g/mol. The molecule has 3 rings (SSSR count). The van der Waals surface area contributed by atoms with E-state index in [2.05, 4.69) is 16.9 Å². The lowest BCUT2D eigenvalue weighted by atomic mass is 9.82. The van der Waals surface area contributed by atoms with Crippen LogP contribution >= 0.6 is 0 Å². The zero-order chi connectivity index (χ0) is 14.9. The van der Waals surface area contributed by atoms with E-state index >= 15 is 0 Å². The molecule has 0 radical (unpaired) electrons. The fourth-order valence-electron chi connectivity index (χ4n) is 3.73. The Morgan fingerprint density at radius 1 is 1.43 bits per heavy atom. The maximum absolute atomic E-state index is 6.17. The third kappa shape index (κ3) is 2.87. The van der Waals surface area contributed by atoms with Crippen molar-refractivity contribution in [3.63, 3.8) is 0 Å². The third-order valence-corrected chi connectivity index (χ3v) is 5.30. The second-order valence-corrected chi connectivity index (χ2v) is 6.43. The number of ether oxygens (including phenoxy) is 2. The minimum atomic E-state index is -0.0342. The summed E-state index contributed by atoms with van der Waals surface area (Å²) in [5.41, 5.74) is 2.56. The van der Waals surface area contributed by atoms with E-state index in [0.29, 0.717) is 0 Å². The molecule has 0 amide bonds. The van der Waals surface area contributed by atoms with Gasteiger partial charge in [-0.25, -0.2) is 0 Å². The predicted molar refractivity (Wildman–Crippen MR) is 81.2 cm³/mol. The Hall–Kier alpha value is -0.910. The van der Waals surface area contributed by atoms with E-state index in [9.17, 15) is 0 Å². The molecule has 2 saturated heterocycles. The van der Waals surface area contributed by atoms with Crippen molar-refractivity contribution in [3.05, 3.63) is 17.5 Å². The van der Waals surface area contributed by atoms with Crippen LogP contribution in [0.25, 0.3) is 0 Å². The molecule has 118 valence electrons. The zero-order valence-corrected chi connectivity index (χ0v) is 13.5. The normalized spacial score (nSPS) is 26.3. The van der Waals surface area contributed by atoms with Crippen molar-refractivity contribution in [2.45, 2.75) is 50.9 Å². The summed E-state index contributed by atoms with van der Waals surface area (Å²) in [4.78, 5) is 2.51.